The predicted molar refractivity (Wildman–Crippen MR) is 56.4 cm³/mol. The maximum atomic E-state index is 11.7. The number of aromatic nitrogens is 2. The van der Waals surface area contributed by atoms with E-state index in [1.54, 1.807) is 6.92 Å². The van der Waals surface area contributed by atoms with Crippen LogP contribution in [0, 0.1) is 0 Å². The van der Waals surface area contributed by atoms with Gasteiger partial charge in [-0.05, 0) is 18.5 Å². The molecule has 1 aromatic heterocycles. The van der Waals surface area contributed by atoms with E-state index in [1.165, 1.54) is 0 Å². The van der Waals surface area contributed by atoms with Crippen molar-refractivity contribution in [3.8, 4) is 0 Å². The largest absolute Gasteiger partial charge is 0.461 e. The molecule has 1 aliphatic heterocycles. The van der Waals surface area contributed by atoms with Crippen molar-refractivity contribution in [1.29, 1.82) is 0 Å². The lowest BCUT2D eigenvalue weighted by atomic mass is 10.1. The van der Waals surface area contributed by atoms with E-state index >= 15 is 0 Å². The molecule has 0 unspecified atom stereocenters. The minimum Gasteiger partial charge on any atom is -0.461 e. The van der Waals surface area contributed by atoms with E-state index in [2.05, 4.69) is 9.97 Å². The first-order valence-corrected chi connectivity index (χ1v) is 5.40. The second-order valence-corrected chi connectivity index (χ2v) is 3.63. The van der Waals surface area contributed by atoms with E-state index in [0.717, 1.165) is 5.56 Å². The minimum atomic E-state index is -0.454. The van der Waals surface area contributed by atoms with Gasteiger partial charge in [-0.25, -0.2) is 14.8 Å². The number of hydrogen-bond acceptors (Lipinski definition) is 5. The fourth-order valence-electron chi connectivity index (χ4n) is 1.59. The van der Waals surface area contributed by atoms with Crippen LogP contribution in [0.15, 0.2) is 0 Å². The summed E-state index contributed by atoms with van der Waals surface area (Å²) < 4.78 is 10.2. The lowest BCUT2D eigenvalue weighted by Crippen LogP contribution is -2.20. The van der Waals surface area contributed by atoms with Crippen molar-refractivity contribution < 1.29 is 14.3 Å². The van der Waals surface area contributed by atoms with E-state index in [-0.39, 0.29) is 11.0 Å². The molecule has 6 heteroatoms. The third kappa shape index (κ3) is 2.15. The van der Waals surface area contributed by atoms with Gasteiger partial charge in [0.15, 0.2) is 5.69 Å². The molecular formula is C10H11ClN2O3. The van der Waals surface area contributed by atoms with Crippen molar-refractivity contribution >= 4 is 17.6 Å². The highest BCUT2D eigenvalue weighted by atomic mass is 35.5. The molecule has 0 amide bonds. The Labute approximate surface area is 97.7 Å². The molecule has 2 heterocycles. The topological polar surface area (TPSA) is 61.3 Å². The van der Waals surface area contributed by atoms with E-state index in [1.807, 2.05) is 0 Å². The van der Waals surface area contributed by atoms with Crippen LogP contribution in [0.1, 0.15) is 28.7 Å². The van der Waals surface area contributed by atoms with Crippen molar-refractivity contribution in [2.75, 3.05) is 13.2 Å². The molecule has 0 aliphatic carbocycles. The molecule has 0 bridgehead atoms. The van der Waals surface area contributed by atoms with Gasteiger partial charge < -0.3 is 9.47 Å². The lowest BCUT2D eigenvalue weighted by molar-refractivity contribution is 0.0512. The van der Waals surface area contributed by atoms with E-state index in [9.17, 15) is 4.79 Å². The second kappa shape index (κ2) is 4.76. The Bertz CT molecular complexity index is 423. The zero-order valence-electron chi connectivity index (χ0n) is 8.83. The normalized spacial score (nSPS) is 14.4. The smallest absolute Gasteiger partial charge is 0.357 e. The van der Waals surface area contributed by atoms with Crippen LogP contribution in [-0.4, -0.2) is 29.2 Å². The molecule has 16 heavy (non-hydrogen) atoms. The number of carbonyl (C=O) groups is 1. The average Bonchev–Trinajstić information content (AvgIpc) is 2.28. The highest BCUT2D eigenvalue weighted by Crippen LogP contribution is 2.20. The van der Waals surface area contributed by atoms with Crippen LogP contribution in [0.2, 0.25) is 5.28 Å². The molecule has 0 N–H and O–H groups in total. The summed E-state index contributed by atoms with van der Waals surface area (Å²) in [5.41, 5.74) is 1.73. The van der Waals surface area contributed by atoms with Crippen LogP contribution < -0.4 is 0 Å². The SMILES string of the molecule is CCOC(=O)c1nc(Cl)nc2c1CCOC2. The van der Waals surface area contributed by atoms with Gasteiger partial charge >= 0.3 is 5.97 Å². The number of esters is 1. The Morgan fingerprint density at radius 1 is 1.56 bits per heavy atom. The highest BCUT2D eigenvalue weighted by molar-refractivity contribution is 6.28. The van der Waals surface area contributed by atoms with E-state index in [4.69, 9.17) is 21.1 Å². The zero-order valence-corrected chi connectivity index (χ0v) is 9.58. The first-order chi connectivity index (χ1) is 7.72. The fourth-order valence-corrected chi connectivity index (χ4v) is 1.78. The maximum Gasteiger partial charge on any atom is 0.357 e. The molecule has 0 fully saturated rings. The standard InChI is InChI=1S/C10H11ClN2O3/c1-2-16-9(14)8-6-3-4-15-5-7(6)12-10(11)13-8/h2-5H2,1H3. The van der Waals surface area contributed by atoms with Gasteiger partial charge in [0.1, 0.15) is 0 Å². The van der Waals surface area contributed by atoms with E-state index < -0.39 is 5.97 Å². The number of fused-ring (bicyclic) bond motifs is 1. The molecule has 86 valence electrons. The fraction of sp³-hybridized carbons (Fsp3) is 0.500. The first-order valence-electron chi connectivity index (χ1n) is 5.02. The molecule has 1 aliphatic rings. The van der Waals surface area contributed by atoms with Gasteiger partial charge in [0.25, 0.3) is 0 Å². The molecular weight excluding hydrogens is 232 g/mol. The summed E-state index contributed by atoms with van der Waals surface area (Å²) in [5.74, 6) is -0.454. The molecule has 5 nitrogen and oxygen atoms in total. The number of rotatable bonds is 2. The molecule has 0 radical (unpaired) electrons. The molecule has 0 atom stereocenters. The predicted octanol–water partition coefficient (Wildman–Crippen LogP) is 1.38. The molecule has 0 saturated heterocycles. The number of nitrogens with zero attached hydrogens (tertiary/aromatic N) is 2. The van der Waals surface area contributed by atoms with Crippen molar-refractivity contribution in [3.05, 3.63) is 22.2 Å². The summed E-state index contributed by atoms with van der Waals surface area (Å²) in [5, 5.41) is 0.0484. The van der Waals surface area contributed by atoms with Crippen molar-refractivity contribution in [3.63, 3.8) is 0 Å². The Morgan fingerprint density at radius 2 is 2.38 bits per heavy atom. The van der Waals surface area contributed by atoms with Crippen LogP contribution in [0.3, 0.4) is 0 Å². The summed E-state index contributed by atoms with van der Waals surface area (Å²) in [4.78, 5) is 19.6. The van der Waals surface area contributed by atoms with Gasteiger partial charge in [-0.15, -0.1) is 0 Å². The van der Waals surface area contributed by atoms with Gasteiger partial charge in [0.2, 0.25) is 5.28 Å². The Kier molecular flexibility index (Phi) is 3.36. The van der Waals surface area contributed by atoms with Gasteiger partial charge in [-0.1, -0.05) is 0 Å². The second-order valence-electron chi connectivity index (χ2n) is 3.29. The summed E-state index contributed by atoms with van der Waals surface area (Å²) >= 11 is 5.74. The molecule has 0 saturated carbocycles. The van der Waals surface area contributed by atoms with Gasteiger partial charge in [0.05, 0.1) is 25.5 Å². The van der Waals surface area contributed by atoms with Crippen LogP contribution in [0.5, 0.6) is 0 Å². The summed E-state index contributed by atoms with van der Waals surface area (Å²) in [6.45, 7) is 2.98. The van der Waals surface area contributed by atoms with Crippen molar-refractivity contribution in [1.82, 2.24) is 9.97 Å². The quantitative estimate of drug-likeness (QED) is 0.579. The number of halogens is 1. The van der Waals surface area contributed by atoms with Crippen LogP contribution in [0.4, 0.5) is 0 Å². The summed E-state index contributed by atoms with van der Waals surface area (Å²) in [6.07, 6.45) is 0.612. The molecule has 0 spiro atoms. The lowest BCUT2D eigenvalue weighted by Gasteiger charge is -2.17. The summed E-state index contributed by atoms with van der Waals surface area (Å²) in [7, 11) is 0. The third-order valence-electron chi connectivity index (χ3n) is 2.27. The number of ether oxygens (including phenoxy) is 2. The molecule has 0 aromatic carbocycles. The Balaban J connectivity index is 2.43. The van der Waals surface area contributed by atoms with Crippen LogP contribution in [-0.2, 0) is 22.5 Å². The average molecular weight is 243 g/mol. The van der Waals surface area contributed by atoms with Crippen LogP contribution >= 0.6 is 11.6 Å². The summed E-state index contributed by atoms with van der Waals surface area (Å²) in [6, 6.07) is 0. The van der Waals surface area contributed by atoms with Gasteiger partial charge in [0, 0.05) is 12.0 Å². The van der Waals surface area contributed by atoms with E-state index in [0.29, 0.717) is 31.9 Å². The maximum absolute atomic E-state index is 11.7. The minimum absolute atomic E-state index is 0.0484. The number of hydrogen-bond donors (Lipinski definition) is 0. The van der Waals surface area contributed by atoms with Gasteiger partial charge in [-0.2, -0.15) is 0 Å². The van der Waals surface area contributed by atoms with Crippen molar-refractivity contribution in [2.45, 2.75) is 20.0 Å². The monoisotopic (exact) mass is 242 g/mol. The van der Waals surface area contributed by atoms with Crippen LogP contribution in [0.25, 0.3) is 0 Å². The van der Waals surface area contributed by atoms with Crippen molar-refractivity contribution in [2.24, 2.45) is 0 Å². The Morgan fingerprint density at radius 3 is 3.12 bits per heavy atom. The zero-order chi connectivity index (χ0) is 11.5. The van der Waals surface area contributed by atoms with Gasteiger partial charge in [-0.3, -0.25) is 0 Å². The number of carbonyl (C=O) groups excluding carboxylic acids is 1. The Hall–Kier alpha value is -1.20. The first kappa shape index (κ1) is 11.3. The third-order valence-corrected chi connectivity index (χ3v) is 2.44. The highest BCUT2D eigenvalue weighted by Gasteiger charge is 2.22. The molecule has 2 rings (SSSR count). The molecule has 1 aromatic rings.